The average molecular weight is 653 g/mol. The van der Waals surface area contributed by atoms with Crippen molar-refractivity contribution in [2.75, 3.05) is 24.1 Å². The van der Waals surface area contributed by atoms with Crippen molar-refractivity contribution in [3.05, 3.63) is 82.1 Å². The van der Waals surface area contributed by atoms with Crippen LogP contribution in [0.5, 0.6) is 11.5 Å². The van der Waals surface area contributed by atoms with Crippen LogP contribution < -0.4 is 19.1 Å². The average Bonchev–Trinajstić information content (AvgIpc) is 2.97. The van der Waals surface area contributed by atoms with Gasteiger partial charge >= 0.3 is 0 Å². The van der Waals surface area contributed by atoms with E-state index in [0.29, 0.717) is 22.9 Å². The molecule has 4 rings (SSSR count). The van der Waals surface area contributed by atoms with Crippen LogP contribution in [0.2, 0.25) is 10.0 Å². The number of carbonyl (C=O) groups is 2. The maximum atomic E-state index is 14.1. The van der Waals surface area contributed by atoms with E-state index in [4.69, 9.17) is 32.7 Å². The standard InChI is InChI=1S/C30H32Cl2FN3O6S/c1-4-26(30(38)34-19(2)3)35(17-20-5-11-24(31)25(32)15-20)29(37)18-36(22-8-6-21(33)7-9-22)43(39,40)23-10-12-27-28(16-23)42-14-13-41-27/h5-12,15-16,19,26H,4,13-14,17-18H2,1-3H3,(H,34,38)/t26-/m0/s1. The Bertz CT molecular complexity index is 1590. The smallest absolute Gasteiger partial charge is 0.264 e. The second kappa shape index (κ2) is 13.8. The number of benzene rings is 3. The highest BCUT2D eigenvalue weighted by Crippen LogP contribution is 2.34. The molecule has 0 unspecified atom stereocenters. The molecule has 0 fully saturated rings. The lowest BCUT2D eigenvalue weighted by molar-refractivity contribution is -0.140. The number of fused-ring (bicyclic) bond motifs is 1. The largest absolute Gasteiger partial charge is 0.486 e. The molecule has 1 heterocycles. The predicted molar refractivity (Wildman–Crippen MR) is 163 cm³/mol. The Morgan fingerprint density at radius 2 is 1.63 bits per heavy atom. The summed E-state index contributed by atoms with van der Waals surface area (Å²) < 4.78 is 54.0. The SMILES string of the molecule is CC[C@@H](C(=O)NC(C)C)N(Cc1ccc(Cl)c(Cl)c1)C(=O)CN(c1ccc(F)cc1)S(=O)(=O)c1ccc2c(c1)OCCO2. The van der Waals surface area contributed by atoms with Crippen LogP contribution in [-0.2, 0) is 26.2 Å². The summed E-state index contributed by atoms with van der Waals surface area (Å²) in [7, 11) is -4.40. The molecular weight excluding hydrogens is 620 g/mol. The number of ether oxygens (including phenoxy) is 2. The molecule has 0 aromatic heterocycles. The summed E-state index contributed by atoms with van der Waals surface area (Å²) in [6.07, 6.45) is 0.247. The summed E-state index contributed by atoms with van der Waals surface area (Å²) in [4.78, 5) is 28.5. The number of anilines is 1. The van der Waals surface area contributed by atoms with E-state index in [-0.39, 0.29) is 47.0 Å². The number of carbonyl (C=O) groups excluding carboxylic acids is 2. The second-order valence-corrected chi connectivity index (χ2v) is 12.8. The molecule has 0 saturated carbocycles. The summed E-state index contributed by atoms with van der Waals surface area (Å²) in [5.41, 5.74) is 0.639. The molecule has 3 aromatic carbocycles. The van der Waals surface area contributed by atoms with Gasteiger partial charge in [0.05, 0.1) is 20.6 Å². The van der Waals surface area contributed by atoms with Crippen molar-refractivity contribution in [2.24, 2.45) is 0 Å². The molecule has 230 valence electrons. The lowest BCUT2D eigenvalue weighted by Crippen LogP contribution is -2.53. The molecule has 1 aliphatic heterocycles. The van der Waals surface area contributed by atoms with Crippen molar-refractivity contribution in [3.8, 4) is 11.5 Å². The zero-order chi connectivity index (χ0) is 31.3. The molecule has 43 heavy (non-hydrogen) atoms. The minimum absolute atomic E-state index is 0.0545. The van der Waals surface area contributed by atoms with Gasteiger partial charge in [-0.1, -0.05) is 36.2 Å². The van der Waals surface area contributed by atoms with Crippen LogP contribution in [0, 0.1) is 5.82 Å². The van der Waals surface area contributed by atoms with Gasteiger partial charge in [0, 0.05) is 18.7 Å². The zero-order valence-corrected chi connectivity index (χ0v) is 26.2. The van der Waals surface area contributed by atoms with Gasteiger partial charge in [-0.25, -0.2) is 12.8 Å². The molecule has 0 spiro atoms. The summed E-state index contributed by atoms with van der Waals surface area (Å²) >= 11 is 12.3. The Labute approximate surface area is 260 Å². The molecule has 1 atom stereocenters. The van der Waals surface area contributed by atoms with Crippen LogP contribution in [0.25, 0.3) is 0 Å². The van der Waals surface area contributed by atoms with Gasteiger partial charge in [0.1, 0.15) is 31.6 Å². The molecule has 1 aliphatic rings. The highest BCUT2D eigenvalue weighted by atomic mass is 35.5. The van der Waals surface area contributed by atoms with Gasteiger partial charge in [0.2, 0.25) is 11.8 Å². The number of rotatable bonds is 11. The molecule has 13 heteroatoms. The number of hydrogen-bond donors (Lipinski definition) is 1. The van der Waals surface area contributed by atoms with E-state index in [2.05, 4.69) is 5.32 Å². The first-order valence-electron chi connectivity index (χ1n) is 13.6. The van der Waals surface area contributed by atoms with Crippen molar-refractivity contribution in [2.45, 2.75) is 50.7 Å². The Balaban J connectivity index is 1.75. The number of hydrogen-bond acceptors (Lipinski definition) is 6. The second-order valence-electron chi connectivity index (χ2n) is 10.2. The summed E-state index contributed by atoms with van der Waals surface area (Å²) in [5.74, 6) is -1.000. The van der Waals surface area contributed by atoms with Crippen LogP contribution in [-0.4, -0.2) is 57.0 Å². The molecule has 2 amide bonds. The minimum Gasteiger partial charge on any atom is -0.486 e. The fourth-order valence-electron chi connectivity index (χ4n) is 4.58. The first-order valence-corrected chi connectivity index (χ1v) is 15.8. The first kappa shape index (κ1) is 32.4. The molecule has 0 bridgehead atoms. The van der Waals surface area contributed by atoms with E-state index >= 15 is 0 Å². The predicted octanol–water partition coefficient (Wildman–Crippen LogP) is 5.43. The number of sulfonamides is 1. The van der Waals surface area contributed by atoms with Crippen molar-refractivity contribution in [1.82, 2.24) is 10.2 Å². The Morgan fingerprint density at radius 1 is 0.953 bits per heavy atom. The maximum absolute atomic E-state index is 14.1. The summed E-state index contributed by atoms with van der Waals surface area (Å²) in [6, 6.07) is 12.6. The zero-order valence-electron chi connectivity index (χ0n) is 23.8. The third kappa shape index (κ3) is 7.70. The fourth-order valence-corrected chi connectivity index (χ4v) is 6.33. The lowest BCUT2D eigenvalue weighted by atomic mass is 10.1. The normalized spacial score (nSPS) is 13.4. The number of nitrogens with one attached hydrogen (secondary N) is 1. The molecule has 0 aliphatic carbocycles. The van der Waals surface area contributed by atoms with E-state index in [1.54, 1.807) is 39.0 Å². The topological polar surface area (TPSA) is 105 Å². The van der Waals surface area contributed by atoms with Crippen LogP contribution in [0.15, 0.2) is 65.6 Å². The third-order valence-electron chi connectivity index (χ3n) is 6.65. The fraction of sp³-hybridized carbons (Fsp3) is 0.333. The minimum atomic E-state index is -4.40. The van der Waals surface area contributed by atoms with Crippen molar-refractivity contribution < 1.29 is 31.9 Å². The highest BCUT2D eigenvalue weighted by molar-refractivity contribution is 7.92. The lowest BCUT2D eigenvalue weighted by Gasteiger charge is -2.33. The van der Waals surface area contributed by atoms with Crippen molar-refractivity contribution in [1.29, 1.82) is 0 Å². The Hall–Kier alpha value is -3.54. The van der Waals surface area contributed by atoms with Crippen molar-refractivity contribution >= 4 is 50.7 Å². The van der Waals surface area contributed by atoms with Crippen LogP contribution >= 0.6 is 23.2 Å². The Kier molecular flexibility index (Phi) is 10.4. The van der Waals surface area contributed by atoms with Crippen LogP contribution in [0.4, 0.5) is 10.1 Å². The van der Waals surface area contributed by atoms with Gasteiger partial charge in [0.25, 0.3) is 10.0 Å². The maximum Gasteiger partial charge on any atom is 0.264 e. The summed E-state index contributed by atoms with van der Waals surface area (Å²) in [6.45, 7) is 5.18. The quantitative estimate of drug-likeness (QED) is 0.296. The van der Waals surface area contributed by atoms with Gasteiger partial charge in [-0.05, 0) is 74.4 Å². The number of halogens is 3. The summed E-state index contributed by atoms with van der Waals surface area (Å²) in [5, 5.41) is 3.42. The molecule has 0 saturated heterocycles. The van der Waals surface area contributed by atoms with Gasteiger partial charge in [-0.15, -0.1) is 0 Å². The van der Waals surface area contributed by atoms with E-state index in [9.17, 15) is 22.4 Å². The highest BCUT2D eigenvalue weighted by Gasteiger charge is 2.34. The first-order chi connectivity index (χ1) is 20.4. The van der Waals surface area contributed by atoms with Gasteiger partial charge < -0.3 is 19.7 Å². The van der Waals surface area contributed by atoms with Gasteiger partial charge in [-0.3, -0.25) is 13.9 Å². The van der Waals surface area contributed by atoms with E-state index in [0.717, 1.165) is 16.4 Å². The van der Waals surface area contributed by atoms with Crippen LogP contribution in [0.1, 0.15) is 32.8 Å². The van der Waals surface area contributed by atoms with Crippen LogP contribution in [0.3, 0.4) is 0 Å². The molecule has 0 radical (unpaired) electrons. The van der Waals surface area contributed by atoms with Gasteiger partial charge in [-0.2, -0.15) is 0 Å². The monoisotopic (exact) mass is 651 g/mol. The van der Waals surface area contributed by atoms with E-state index in [1.165, 1.54) is 35.2 Å². The van der Waals surface area contributed by atoms with E-state index < -0.39 is 40.2 Å². The number of amides is 2. The molecule has 3 aromatic rings. The Morgan fingerprint density at radius 3 is 2.26 bits per heavy atom. The third-order valence-corrected chi connectivity index (χ3v) is 9.16. The van der Waals surface area contributed by atoms with Crippen molar-refractivity contribution in [3.63, 3.8) is 0 Å². The van der Waals surface area contributed by atoms with Gasteiger partial charge in [0.15, 0.2) is 11.5 Å². The molecule has 9 nitrogen and oxygen atoms in total. The van der Waals surface area contributed by atoms with E-state index in [1.807, 2.05) is 0 Å². The molecular formula is C30H32Cl2FN3O6S. The molecule has 1 N–H and O–H groups in total. The number of nitrogens with zero attached hydrogens (tertiary/aromatic N) is 2.